The zero-order valence-electron chi connectivity index (χ0n) is 21.4. The summed E-state index contributed by atoms with van der Waals surface area (Å²) in [7, 11) is 0. The molecule has 0 aromatic heterocycles. The molecule has 0 radical (unpaired) electrons. The quantitative estimate of drug-likeness (QED) is 0.266. The Bertz CT molecular complexity index is 1250. The van der Waals surface area contributed by atoms with Gasteiger partial charge in [-0.15, -0.1) is 0 Å². The van der Waals surface area contributed by atoms with Gasteiger partial charge in [0.25, 0.3) is 0 Å². The van der Waals surface area contributed by atoms with Crippen LogP contribution in [0.2, 0.25) is 0 Å². The summed E-state index contributed by atoms with van der Waals surface area (Å²) in [5.41, 5.74) is 7.32. The molecule has 0 amide bonds. The summed E-state index contributed by atoms with van der Waals surface area (Å²) in [6, 6.07) is 26.7. The van der Waals surface area contributed by atoms with Crippen molar-refractivity contribution >= 4 is 18.0 Å². The minimum absolute atomic E-state index is 0.111. The van der Waals surface area contributed by atoms with E-state index in [4.69, 9.17) is 4.74 Å². The summed E-state index contributed by atoms with van der Waals surface area (Å²) in [6.07, 6.45) is 1.56. The van der Waals surface area contributed by atoms with Crippen LogP contribution in [0.5, 0.6) is 0 Å². The largest absolute Gasteiger partial charge is 0.462 e. The number of ether oxygens (including phenoxy) is 1. The van der Waals surface area contributed by atoms with Crippen molar-refractivity contribution in [3.63, 3.8) is 0 Å². The van der Waals surface area contributed by atoms with Crippen molar-refractivity contribution in [2.75, 3.05) is 6.61 Å². The third kappa shape index (κ3) is 5.38. The lowest BCUT2D eigenvalue weighted by molar-refractivity contribution is -0.139. The fourth-order valence-corrected chi connectivity index (χ4v) is 5.26. The molecule has 4 heteroatoms. The fourth-order valence-electron chi connectivity index (χ4n) is 5.26. The van der Waals surface area contributed by atoms with Gasteiger partial charge in [0.05, 0.1) is 18.1 Å². The molecule has 2 atom stereocenters. The first-order valence-corrected chi connectivity index (χ1v) is 12.5. The average molecular weight is 480 g/mol. The molecule has 0 aliphatic carbocycles. The average Bonchev–Trinajstić information content (AvgIpc) is 2.87. The van der Waals surface area contributed by atoms with Crippen molar-refractivity contribution in [1.82, 2.24) is 0 Å². The number of carbonyl (C=O) groups is 2. The van der Waals surface area contributed by atoms with E-state index in [-0.39, 0.29) is 12.5 Å². The highest BCUT2D eigenvalue weighted by atomic mass is 16.5. The number of hydrogen-bond donors (Lipinski definition) is 0. The lowest BCUT2D eigenvalue weighted by Crippen LogP contribution is -2.31. The summed E-state index contributed by atoms with van der Waals surface area (Å²) in [6.45, 7) is 8.00. The van der Waals surface area contributed by atoms with Crippen molar-refractivity contribution in [1.29, 1.82) is 0 Å². The predicted octanol–water partition coefficient (Wildman–Crippen LogP) is 6.72. The van der Waals surface area contributed by atoms with Crippen molar-refractivity contribution in [3.05, 3.63) is 118 Å². The van der Waals surface area contributed by atoms with E-state index in [9.17, 15) is 9.59 Å². The number of nitrogens with zero attached hydrogens (tertiary/aromatic N) is 1. The Morgan fingerprint density at radius 3 is 2.08 bits per heavy atom. The molecule has 4 nitrogen and oxygen atoms in total. The minimum atomic E-state index is -0.501. The number of benzene rings is 3. The van der Waals surface area contributed by atoms with Crippen LogP contribution in [0.25, 0.3) is 0 Å². The van der Waals surface area contributed by atoms with Gasteiger partial charge in [0.2, 0.25) is 0 Å². The summed E-state index contributed by atoms with van der Waals surface area (Å²) in [4.78, 5) is 30.3. The van der Waals surface area contributed by atoms with Gasteiger partial charge in [0.15, 0.2) is 0 Å². The number of hydrogen-bond acceptors (Lipinski definition) is 4. The zero-order chi connectivity index (χ0) is 25.7. The molecule has 0 spiro atoms. The summed E-state index contributed by atoms with van der Waals surface area (Å²) in [5.74, 6) is -1.20. The van der Waals surface area contributed by atoms with Crippen LogP contribution >= 0.6 is 0 Å². The van der Waals surface area contributed by atoms with Gasteiger partial charge in [-0.05, 0) is 56.4 Å². The number of aliphatic imine (C=N–C) groups is 1. The summed E-state index contributed by atoms with van der Waals surface area (Å²) in [5, 5.41) is 0. The molecule has 0 N–H and O–H groups in total. The standard InChI is InChI=1S/C32H33NO3/c1-21-15-16-27(22(2)19-21)31-29(20-34)23(3)33-24(4)30(31)32(35)36-18-17-28(25-11-7-5-8-12-25)26-13-9-6-10-14-26/h5-16,19-20,28-29,31H,17-18H2,1-4H3. The second-order valence-corrected chi connectivity index (χ2v) is 9.55. The Labute approximate surface area is 213 Å². The monoisotopic (exact) mass is 479 g/mol. The number of carbonyl (C=O) groups excluding carboxylic acids is 2. The molecule has 0 fully saturated rings. The lowest BCUT2D eigenvalue weighted by Gasteiger charge is -2.31. The van der Waals surface area contributed by atoms with Gasteiger partial charge in [-0.3, -0.25) is 4.99 Å². The molecule has 1 heterocycles. The summed E-state index contributed by atoms with van der Waals surface area (Å²) < 4.78 is 5.89. The summed E-state index contributed by atoms with van der Waals surface area (Å²) >= 11 is 0. The Morgan fingerprint density at radius 1 is 0.917 bits per heavy atom. The molecule has 4 rings (SSSR count). The maximum Gasteiger partial charge on any atom is 0.336 e. The Kier molecular flexibility index (Phi) is 7.94. The molecule has 0 saturated heterocycles. The molecular formula is C32H33NO3. The third-order valence-electron chi connectivity index (χ3n) is 7.06. The van der Waals surface area contributed by atoms with Crippen molar-refractivity contribution in [2.24, 2.45) is 10.9 Å². The van der Waals surface area contributed by atoms with E-state index in [0.717, 1.165) is 28.7 Å². The van der Waals surface area contributed by atoms with Gasteiger partial charge >= 0.3 is 5.97 Å². The lowest BCUT2D eigenvalue weighted by atomic mass is 9.75. The topological polar surface area (TPSA) is 55.7 Å². The van der Waals surface area contributed by atoms with Crippen LogP contribution in [0.4, 0.5) is 0 Å². The van der Waals surface area contributed by atoms with Gasteiger partial charge in [-0.1, -0.05) is 84.4 Å². The molecule has 184 valence electrons. The molecule has 3 aromatic carbocycles. The highest BCUT2D eigenvalue weighted by Gasteiger charge is 2.38. The highest BCUT2D eigenvalue weighted by Crippen LogP contribution is 2.40. The van der Waals surface area contributed by atoms with Crippen LogP contribution in [0, 0.1) is 19.8 Å². The van der Waals surface area contributed by atoms with Gasteiger partial charge in [-0.25, -0.2) is 4.79 Å². The minimum Gasteiger partial charge on any atom is -0.462 e. The highest BCUT2D eigenvalue weighted by molar-refractivity contribution is 6.03. The van der Waals surface area contributed by atoms with E-state index >= 15 is 0 Å². The SMILES string of the molecule is CC1=NC(C)=C(C(=O)OCCC(c2ccccc2)c2ccccc2)C(c2ccc(C)cc2C)C1C=O. The number of esters is 1. The smallest absolute Gasteiger partial charge is 0.336 e. The maximum absolute atomic E-state index is 13.5. The van der Waals surface area contributed by atoms with Crippen LogP contribution < -0.4 is 0 Å². The van der Waals surface area contributed by atoms with E-state index < -0.39 is 17.8 Å². The first-order valence-electron chi connectivity index (χ1n) is 12.5. The first-order chi connectivity index (χ1) is 17.4. The molecule has 0 bridgehead atoms. The second-order valence-electron chi connectivity index (χ2n) is 9.55. The van der Waals surface area contributed by atoms with Crippen LogP contribution in [-0.4, -0.2) is 24.6 Å². The molecule has 3 aromatic rings. The van der Waals surface area contributed by atoms with E-state index in [0.29, 0.717) is 17.7 Å². The van der Waals surface area contributed by atoms with Gasteiger partial charge < -0.3 is 9.53 Å². The molecule has 2 unspecified atom stereocenters. The molecule has 1 aliphatic heterocycles. The van der Waals surface area contributed by atoms with Crippen molar-refractivity contribution in [3.8, 4) is 0 Å². The van der Waals surface area contributed by atoms with Crippen LogP contribution in [0.1, 0.15) is 59.9 Å². The molecule has 36 heavy (non-hydrogen) atoms. The Balaban J connectivity index is 1.59. The second kappa shape index (κ2) is 11.3. The molecular weight excluding hydrogens is 446 g/mol. The molecule has 1 aliphatic rings. The van der Waals surface area contributed by atoms with Gasteiger partial charge in [-0.2, -0.15) is 0 Å². The van der Waals surface area contributed by atoms with Crippen LogP contribution in [-0.2, 0) is 14.3 Å². The van der Waals surface area contributed by atoms with E-state index in [1.54, 1.807) is 0 Å². The molecule has 0 saturated carbocycles. The normalized spacial score (nSPS) is 17.6. The number of aldehydes is 1. The third-order valence-corrected chi connectivity index (χ3v) is 7.06. The number of rotatable bonds is 8. The van der Waals surface area contributed by atoms with E-state index in [1.807, 2.05) is 76.2 Å². The first kappa shape index (κ1) is 25.3. The number of aryl methyl sites for hydroxylation is 2. The van der Waals surface area contributed by atoms with Crippen LogP contribution in [0.15, 0.2) is 95.1 Å². The number of allylic oxidation sites excluding steroid dienone is 1. The zero-order valence-corrected chi connectivity index (χ0v) is 21.4. The van der Waals surface area contributed by atoms with Crippen molar-refractivity contribution in [2.45, 2.75) is 46.0 Å². The van der Waals surface area contributed by atoms with Crippen molar-refractivity contribution < 1.29 is 14.3 Å². The van der Waals surface area contributed by atoms with Crippen LogP contribution in [0.3, 0.4) is 0 Å². The van der Waals surface area contributed by atoms with Gasteiger partial charge in [0.1, 0.15) is 6.29 Å². The van der Waals surface area contributed by atoms with E-state index in [2.05, 4.69) is 35.3 Å². The predicted molar refractivity (Wildman–Crippen MR) is 144 cm³/mol. The fraction of sp³-hybridized carbons (Fsp3) is 0.281. The Hall–Kier alpha value is -3.79. The maximum atomic E-state index is 13.5. The Morgan fingerprint density at radius 2 is 1.53 bits per heavy atom. The van der Waals surface area contributed by atoms with E-state index in [1.165, 1.54) is 11.1 Å². The van der Waals surface area contributed by atoms with Gasteiger partial charge in [0, 0.05) is 23.2 Å².